The van der Waals surface area contributed by atoms with Gasteiger partial charge in [-0.15, -0.1) is 11.8 Å². The minimum atomic E-state index is 0.136. The normalized spacial score (nSPS) is 10.3. The molecule has 0 spiro atoms. The van der Waals surface area contributed by atoms with E-state index in [4.69, 9.17) is 5.73 Å². The summed E-state index contributed by atoms with van der Waals surface area (Å²) in [7, 11) is 0. The van der Waals surface area contributed by atoms with E-state index in [9.17, 15) is 10.5 Å². The van der Waals surface area contributed by atoms with Gasteiger partial charge in [-0.25, -0.2) is 4.98 Å². The fraction of sp³-hybridized carbons (Fsp3) is 0.0385. The molecule has 0 atom stereocenters. The Morgan fingerprint density at radius 1 is 0.742 bits per heavy atom. The standard InChI is InChI=1S/C26H18N4S/c27-15-22-24(21-13-7-12-20(14-21)19-10-5-2-6-11-19)23(16-28)26(30-25(22)29)31-17-18-8-3-1-4-9-18/h1-14H,17H2,(H2,29,30). The molecule has 0 bridgehead atoms. The molecule has 0 fully saturated rings. The first kappa shape index (κ1) is 20.2. The van der Waals surface area contributed by atoms with E-state index < -0.39 is 0 Å². The van der Waals surface area contributed by atoms with Gasteiger partial charge in [0.1, 0.15) is 28.5 Å². The summed E-state index contributed by atoms with van der Waals surface area (Å²) in [5.74, 6) is 0.786. The summed E-state index contributed by atoms with van der Waals surface area (Å²) in [6.45, 7) is 0. The van der Waals surface area contributed by atoms with Crippen molar-refractivity contribution in [2.45, 2.75) is 10.8 Å². The highest BCUT2D eigenvalue weighted by atomic mass is 32.2. The van der Waals surface area contributed by atoms with Gasteiger partial charge >= 0.3 is 0 Å². The number of rotatable bonds is 5. The summed E-state index contributed by atoms with van der Waals surface area (Å²) in [6, 6.07) is 32.2. The second kappa shape index (κ2) is 9.17. The lowest BCUT2D eigenvalue weighted by atomic mass is 9.94. The van der Waals surface area contributed by atoms with Gasteiger partial charge in [0, 0.05) is 11.3 Å². The van der Waals surface area contributed by atoms with Crippen LogP contribution in [0.2, 0.25) is 0 Å². The number of nitrogens with zero attached hydrogens (tertiary/aromatic N) is 3. The molecule has 0 amide bonds. The predicted octanol–water partition coefficient (Wildman–Crippen LogP) is 6.03. The van der Waals surface area contributed by atoms with Crippen molar-refractivity contribution in [1.29, 1.82) is 10.5 Å². The molecule has 5 heteroatoms. The lowest BCUT2D eigenvalue weighted by Gasteiger charge is -2.14. The molecule has 4 nitrogen and oxygen atoms in total. The zero-order valence-electron chi connectivity index (χ0n) is 16.6. The van der Waals surface area contributed by atoms with Crippen LogP contribution in [-0.4, -0.2) is 4.98 Å². The molecule has 0 unspecified atom stereocenters. The number of nitrogen functional groups attached to an aromatic ring is 1. The van der Waals surface area contributed by atoms with Crippen molar-refractivity contribution < 1.29 is 0 Å². The van der Waals surface area contributed by atoms with Gasteiger partial charge in [0.05, 0.1) is 5.56 Å². The van der Waals surface area contributed by atoms with Crippen molar-refractivity contribution in [3.63, 3.8) is 0 Å². The van der Waals surface area contributed by atoms with E-state index in [1.165, 1.54) is 11.8 Å². The van der Waals surface area contributed by atoms with E-state index in [1.54, 1.807) is 0 Å². The fourth-order valence-electron chi connectivity index (χ4n) is 3.40. The molecule has 31 heavy (non-hydrogen) atoms. The summed E-state index contributed by atoms with van der Waals surface area (Å²) in [4.78, 5) is 4.39. The van der Waals surface area contributed by atoms with Crippen molar-refractivity contribution >= 4 is 17.6 Å². The highest BCUT2D eigenvalue weighted by molar-refractivity contribution is 7.98. The number of nitriles is 2. The largest absolute Gasteiger partial charge is 0.383 e. The lowest BCUT2D eigenvalue weighted by Crippen LogP contribution is -2.03. The molecule has 148 valence electrons. The minimum Gasteiger partial charge on any atom is -0.383 e. The van der Waals surface area contributed by atoms with Crippen molar-refractivity contribution in [2.24, 2.45) is 0 Å². The number of pyridine rings is 1. The van der Waals surface area contributed by atoms with Crippen LogP contribution in [0.3, 0.4) is 0 Å². The third-order valence-electron chi connectivity index (χ3n) is 4.89. The molecular weight excluding hydrogens is 400 g/mol. The van der Waals surface area contributed by atoms with Gasteiger partial charge in [0.15, 0.2) is 0 Å². The fourth-order valence-corrected chi connectivity index (χ4v) is 4.35. The molecule has 1 heterocycles. The number of thioether (sulfide) groups is 1. The number of hydrogen-bond acceptors (Lipinski definition) is 5. The van der Waals surface area contributed by atoms with Crippen molar-refractivity contribution in [1.82, 2.24) is 4.98 Å². The van der Waals surface area contributed by atoms with E-state index in [0.29, 0.717) is 21.9 Å². The van der Waals surface area contributed by atoms with Crippen LogP contribution >= 0.6 is 11.8 Å². The molecule has 2 N–H and O–H groups in total. The highest BCUT2D eigenvalue weighted by Crippen LogP contribution is 2.37. The molecule has 0 radical (unpaired) electrons. The smallest absolute Gasteiger partial charge is 0.143 e. The van der Waals surface area contributed by atoms with E-state index in [2.05, 4.69) is 17.1 Å². The summed E-state index contributed by atoms with van der Waals surface area (Å²) in [6.07, 6.45) is 0. The van der Waals surface area contributed by atoms with Gasteiger partial charge in [-0.1, -0.05) is 78.9 Å². The Morgan fingerprint density at radius 2 is 1.35 bits per heavy atom. The summed E-state index contributed by atoms with van der Waals surface area (Å²) in [5, 5.41) is 20.3. The number of benzene rings is 3. The topological polar surface area (TPSA) is 86.5 Å². The Kier molecular flexibility index (Phi) is 5.98. The second-order valence-electron chi connectivity index (χ2n) is 6.87. The number of anilines is 1. The van der Waals surface area contributed by atoms with Crippen LogP contribution in [-0.2, 0) is 5.75 Å². The third-order valence-corrected chi connectivity index (χ3v) is 5.94. The molecule has 0 saturated carbocycles. The lowest BCUT2D eigenvalue weighted by molar-refractivity contribution is 1.11. The molecule has 4 aromatic rings. The molecule has 4 rings (SSSR count). The zero-order chi connectivity index (χ0) is 21.6. The van der Waals surface area contributed by atoms with Crippen molar-refractivity contribution in [3.05, 3.63) is 102 Å². The Bertz CT molecular complexity index is 1300. The number of hydrogen-bond donors (Lipinski definition) is 1. The van der Waals surface area contributed by atoms with Crippen LogP contribution in [0.1, 0.15) is 16.7 Å². The first-order valence-electron chi connectivity index (χ1n) is 9.67. The van der Waals surface area contributed by atoms with Crippen LogP contribution in [0.25, 0.3) is 22.3 Å². The quantitative estimate of drug-likeness (QED) is 0.400. The average molecular weight is 419 g/mol. The van der Waals surface area contributed by atoms with Gasteiger partial charge < -0.3 is 5.73 Å². The van der Waals surface area contributed by atoms with E-state index in [-0.39, 0.29) is 11.4 Å². The molecule has 0 aliphatic heterocycles. The SMILES string of the molecule is N#Cc1c(N)nc(SCc2ccccc2)c(C#N)c1-c1cccc(-c2ccccc2)c1. The molecule has 0 aliphatic carbocycles. The van der Waals surface area contributed by atoms with Gasteiger partial charge in [-0.05, 0) is 28.3 Å². The molecule has 0 saturated heterocycles. The van der Waals surface area contributed by atoms with Crippen LogP contribution in [0.4, 0.5) is 5.82 Å². The summed E-state index contributed by atoms with van der Waals surface area (Å²) < 4.78 is 0. The minimum absolute atomic E-state index is 0.136. The molecule has 1 aromatic heterocycles. The average Bonchev–Trinajstić information content (AvgIpc) is 2.83. The zero-order valence-corrected chi connectivity index (χ0v) is 17.4. The van der Waals surface area contributed by atoms with E-state index >= 15 is 0 Å². The maximum Gasteiger partial charge on any atom is 0.143 e. The predicted molar refractivity (Wildman–Crippen MR) is 125 cm³/mol. The van der Waals surface area contributed by atoms with Gasteiger partial charge in [-0.3, -0.25) is 0 Å². The van der Waals surface area contributed by atoms with E-state index in [0.717, 1.165) is 22.3 Å². The van der Waals surface area contributed by atoms with Crippen LogP contribution in [0, 0.1) is 22.7 Å². The Balaban J connectivity index is 1.83. The number of aromatic nitrogens is 1. The van der Waals surface area contributed by atoms with Gasteiger partial charge in [0.25, 0.3) is 0 Å². The van der Waals surface area contributed by atoms with Gasteiger partial charge in [-0.2, -0.15) is 10.5 Å². The molecule has 0 aliphatic rings. The molecular formula is C26H18N4S. The first-order chi connectivity index (χ1) is 15.2. The van der Waals surface area contributed by atoms with E-state index in [1.807, 2.05) is 84.9 Å². The first-order valence-corrected chi connectivity index (χ1v) is 10.7. The third kappa shape index (κ3) is 4.28. The Morgan fingerprint density at radius 3 is 2.03 bits per heavy atom. The van der Waals surface area contributed by atoms with Crippen LogP contribution < -0.4 is 5.73 Å². The maximum absolute atomic E-state index is 10.0. The number of nitrogens with two attached hydrogens (primary N) is 1. The van der Waals surface area contributed by atoms with Crippen LogP contribution in [0.15, 0.2) is 90.0 Å². The van der Waals surface area contributed by atoms with Crippen molar-refractivity contribution in [3.8, 4) is 34.4 Å². The highest BCUT2D eigenvalue weighted by Gasteiger charge is 2.21. The van der Waals surface area contributed by atoms with Crippen molar-refractivity contribution in [2.75, 3.05) is 5.73 Å². The van der Waals surface area contributed by atoms with Crippen LogP contribution in [0.5, 0.6) is 0 Å². The Hall–Kier alpha value is -4.06. The Labute approximate surface area is 185 Å². The molecule has 3 aromatic carbocycles. The maximum atomic E-state index is 10.0. The van der Waals surface area contributed by atoms with Gasteiger partial charge in [0.2, 0.25) is 0 Å². The monoisotopic (exact) mass is 418 g/mol. The summed E-state index contributed by atoms with van der Waals surface area (Å²) in [5.41, 5.74) is 11.2. The summed E-state index contributed by atoms with van der Waals surface area (Å²) >= 11 is 1.44. The second-order valence-corrected chi connectivity index (χ2v) is 7.84.